The predicted molar refractivity (Wildman–Crippen MR) is 50.3 cm³/mol. The van der Waals surface area contributed by atoms with Crippen LogP contribution in [0.3, 0.4) is 0 Å². The molecule has 0 fully saturated rings. The Morgan fingerprint density at radius 3 is 3.07 bits per heavy atom. The second-order valence-electron chi connectivity index (χ2n) is 3.17. The Bertz CT molecular complexity index is 393. The third-order valence-corrected chi connectivity index (χ3v) is 2.18. The van der Waals surface area contributed by atoms with Crippen LogP contribution in [0.2, 0.25) is 0 Å². The van der Waals surface area contributed by atoms with Crippen molar-refractivity contribution in [3.05, 3.63) is 36.3 Å². The maximum absolute atomic E-state index is 5.96. The van der Waals surface area contributed by atoms with Gasteiger partial charge in [0.1, 0.15) is 12.2 Å². The summed E-state index contributed by atoms with van der Waals surface area (Å²) in [5.74, 6) is 0.874. The summed E-state index contributed by atoms with van der Waals surface area (Å²) in [6.07, 6.45) is 5.46. The molecule has 1 unspecified atom stereocenters. The van der Waals surface area contributed by atoms with Crippen molar-refractivity contribution in [2.75, 3.05) is 0 Å². The van der Waals surface area contributed by atoms with E-state index in [2.05, 4.69) is 10.1 Å². The van der Waals surface area contributed by atoms with Gasteiger partial charge >= 0.3 is 0 Å². The molecule has 2 aromatic heterocycles. The first-order chi connectivity index (χ1) is 6.77. The molecule has 2 N–H and O–H groups in total. The van der Waals surface area contributed by atoms with Gasteiger partial charge < -0.3 is 10.2 Å². The highest BCUT2D eigenvalue weighted by atomic mass is 16.3. The van der Waals surface area contributed by atoms with Gasteiger partial charge in [0.25, 0.3) is 0 Å². The average Bonchev–Trinajstić information content (AvgIpc) is 2.77. The molecule has 5 heteroatoms. The van der Waals surface area contributed by atoms with Crippen molar-refractivity contribution in [2.45, 2.75) is 12.5 Å². The topological polar surface area (TPSA) is 69.9 Å². The molecule has 0 amide bonds. The molecule has 0 radical (unpaired) electrons. The lowest BCUT2D eigenvalue weighted by Crippen LogP contribution is -2.15. The third-order valence-electron chi connectivity index (χ3n) is 2.18. The van der Waals surface area contributed by atoms with E-state index in [0.717, 1.165) is 11.4 Å². The number of hydrogen-bond acceptors (Lipinski definition) is 4. The molecule has 2 aromatic rings. The Morgan fingerprint density at radius 2 is 2.50 bits per heavy atom. The molecule has 0 bridgehead atoms. The van der Waals surface area contributed by atoms with Crippen molar-refractivity contribution in [1.82, 2.24) is 14.8 Å². The molecular formula is C9H12N4O. The molecule has 0 saturated heterocycles. The van der Waals surface area contributed by atoms with Gasteiger partial charge in [0, 0.05) is 25.1 Å². The highest BCUT2D eigenvalue weighted by Gasteiger charge is 2.11. The lowest BCUT2D eigenvalue weighted by atomic mass is 10.1. The number of nitrogens with zero attached hydrogens (tertiary/aromatic N) is 3. The molecule has 2 heterocycles. The molecule has 1 atom stereocenters. The van der Waals surface area contributed by atoms with Crippen molar-refractivity contribution >= 4 is 0 Å². The van der Waals surface area contributed by atoms with Crippen LogP contribution in [0.1, 0.15) is 17.4 Å². The summed E-state index contributed by atoms with van der Waals surface area (Å²) in [5.41, 5.74) is 6.94. The first-order valence-corrected chi connectivity index (χ1v) is 4.38. The van der Waals surface area contributed by atoms with E-state index in [1.54, 1.807) is 17.2 Å². The maximum atomic E-state index is 5.96. The molecule has 5 nitrogen and oxygen atoms in total. The molecule has 14 heavy (non-hydrogen) atoms. The molecule has 74 valence electrons. The fourth-order valence-electron chi connectivity index (χ4n) is 1.31. The fraction of sp³-hybridized carbons (Fsp3) is 0.333. The van der Waals surface area contributed by atoms with Gasteiger partial charge in [-0.05, 0) is 6.07 Å². The van der Waals surface area contributed by atoms with Crippen LogP contribution >= 0.6 is 0 Å². The van der Waals surface area contributed by atoms with E-state index in [1.165, 1.54) is 6.33 Å². The Morgan fingerprint density at radius 1 is 1.64 bits per heavy atom. The standard InChI is InChI=1S/C9H12N4O/c1-13-9(11-6-12-13)4-8(10)7-2-3-14-5-7/h2-3,5-6,8H,4,10H2,1H3. The zero-order chi connectivity index (χ0) is 9.97. The summed E-state index contributed by atoms with van der Waals surface area (Å²) >= 11 is 0. The molecule has 0 saturated carbocycles. The number of nitrogens with two attached hydrogens (primary N) is 1. The van der Waals surface area contributed by atoms with Gasteiger partial charge in [-0.15, -0.1) is 0 Å². The van der Waals surface area contributed by atoms with Crippen LogP contribution in [0, 0.1) is 0 Å². The van der Waals surface area contributed by atoms with Crippen molar-refractivity contribution < 1.29 is 4.42 Å². The normalized spacial score (nSPS) is 13.0. The second-order valence-corrected chi connectivity index (χ2v) is 3.17. The Labute approximate surface area is 81.5 Å². The quantitative estimate of drug-likeness (QED) is 0.775. The zero-order valence-corrected chi connectivity index (χ0v) is 7.92. The summed E-state index contributed by atoms with van der Waals surface area (Å²) < 4.78 is 6.68. The van der Waals surface area contributed by atoms with E-state index >= 15 is 0 Å². The average molecular weight is 192 g/mol. The van der Waals surface area contributed by atoms with Crippen LogP contribution in [-0.2, 0) is 13.5 Å². The first kappa shape index (κ1) is 8.96. The lowest BCUT2D eigenvalue weighted by Gasteiger charge is -2.07. The van der Waals surface area contributed by atoms with Gasteiger partial charge in [-0.25, -0.2) is 4.98 Å². The van der Waals surface area contributed by atoms with E-state index in [1.807, 2.05) is 13.1 Å². The maximum Gasteiger partial charge on any atom is 0.138 e. The van der Waals surface area contributed by atoms with E-state index < -0.39 is 0 Å². The van der Waals surface area contributed by atoms with Gasteiger partial charge in [0.15, 0.2) is 0 Å². The Hall–Kier alpha value is -1.62. The molecular weight excluding hydrogens is 180 g/mol. The minimum absolute atomic E-state index is 0.0864. The van der Waals surface area contributed by atoms with Gasteiger partial charge in [-0.1, -0.05) is 0 Å². The Kier molecular flexibility index (Phi) is 2.32. The van der Waals surface area contributed by atoms with Crippen LogP contribution in [0.5, 0.6) is 0 Å². The molecule has 0 aromatic carbocycles. The van der Waals surface area contributed by atoms with E-state index in [9.17, 15) is 0 Å². The van der Waals surface area contributed by atoms with Crippen LogP contribution in [0.15, 0.2) is 29.3 Å². The molecule has 0 aliphatic rings. The summed E-state index contributed by atoms with van der Waals surface area (Å²) in [6, 6.07) is 1.78. The van der Waals surface area contributed by atoms with Crippen LogP contribution in [-0.4, -0.2) is 14.8 Å². The van der Waals surface area contributed by atoms with Crippen LogP contribution in [0.25, 0.3) is 0 Å². The van der Waals surface area contributed by atoms with Gasteiger partial charge in [0.2, 0.25) is 0 Å². The lowest BCUT2D eigenvalue weighted by molar-refractivity contribution is 0.555. The number of aryl methyl sites for hydroxylation is 1. The van der Waals surface area contributed by atoms with Gasteiger partial charge in [0.05, 0.1) is 12.5 Å². The van der Waals surface area contributed by atoms with Crippen LogP contribution in [0.4, 0.5) is 0 Å². The molecule has 0 aliphatic carbocycles. The number of furan rings is 1. The first-order valence-electron chi connectivity index (χ1n) is 4.38. The predicted octanol–water partition coefficient (Wildman–Crippen LogP) is 0.651. The summed E-state index contributed by atoms with van der Waals surface area (Å²) in [6.45, 7) is 0. The second kappa shape index (κ2) is 3.63. The minimum atomic E-state index is -0.0864. The number of rotatable bonds is 3. The summed E-state index contributed by atoms with van der Waals surface area (Å²) in [4.78, 5) is 4.11. The molecule has 0 spiro atoms. The van der Waals surface area contributed by atoms with E-state index in [0.29, 0.717) is 6.42 Å². The van der Waals surface area contributed by atoms with Crippen molar-refractivity contribution in [1.29, 1.82) is 0 Å². The van der Waals surface area contributed by atoms with Crippen molar-refractivity contribution in [3.63, 3.8) is 0 Å². The largest absolute Gasteiger partial charge is 0.472 e. The monoisotopic (exact) mass is 192 g/mol. The van der Waals surface area contributed by atoms with Crippen LogP contribution < -0.4 is 5.73 Å². The van der Waals surface area contributed by atoms with Gasteiger partial charge in [-0.3, -0.25) is 4.68 Å². The summed E-state index contributed by atoms with van der Waals surface area (Å²) in [7, 11) is 1.85. The highest BCUT2D eigenvalue weighted by molar-refractivity contribution is 5.12. The zero-order valence-electron chi connectivity index (χ0n) is 7.92. The number of aromatic nitrogens is 3. The molecule has 2 rings (SSSR count). The van der Waals surface area contributed by atoms with Gasteiger partial charge in [-0.2, -0.15) is 5.10 Å². The SMILES string of the molecule is Cn1ncnc1CC(N)c1ccoc1. The molecule has 0 aliphatic heterocycles. The third kappa shape index (κ3) is 1.67. The van der Waals surface area contributed by atoms with Crippen molar-refractivity contribution in [3.8, 4) is 0 Å². The smallest absolute Gasteiger partial charge is 0.138 e. The van der Waals surface area contributed by atoms with E-state index in [-0.39, 0.29) is 6.04 Å². The summed E-state index contributed by atoms with van der Waals surface area (Å²) in [5, 5.41) is 3.98. The minimum Gasteiger partial charge on any atom is -0.472 e. The Balaban J connectivity index is 2.09. The van der Waals surface area contributed by atoms with Crippen molar-refractivity contribution in [2.24, 2.45) is 12.8 Å². The highest BCUT2D eigenvalue weighted by Crippen LogP contribution is 2.14. The van der Waals surface area contributed by atoms with E-state index in [4.69, 9.17) is 10.2 Å². The fourth-order valence-corrected chi connectivity index (χ4v) is 1.31. The number of hydrogen-bond donors (Lipinski definition) is 1.